The van der Waals surface area contributed by atoms with E-state index in [0.29, 0.717) is 5.92 Å². The third kappa shape index (κ3) is 3.18. The molecule has 1 fully saturated rings. The van der Waals surface area contributed by atoms with Gasteiger partial charge in [0.2, 0.25) is 0 Å². The van der Waals surface area contributed by atoms with E-state index in [9.17, 15) is 14.4 Å². The lowest BCUT2D eigenvalue weighted by Gasteiger charge is -2.17. The van der Waals surface area contributed by atoms with Crippen LogP contribution in [-0.4, -0.2) is 34.2 Å². The Morgan fingerprint density at radius 2 is 1.41 bits per heavy atom. The molecule has 0 aliphatic carbocycles. The van der Waals surface area contributed by atoms with E-state index in [1.54, 1.807) is 0 Å². The summed E-state index contributed by atoms with van der Waals surface area (Å²) in [7, 11) is 0. The Kier molecular flexibility index (Phi) is 4.64. The zero-order valence-corrected chi connectivity index (χ0v) is 13.5. The van der Waals surface area contributed by atoms with Gasteiger partial charge in [0.1, 0.15) is 0 Å². The number of hydrogen-bond donors (Lipinski definition) is 0. The highest BCUT2D eigenvalue weighted by molar-refractivity contribution is 6.44. The second-order valence-corrected chi connectivity index (χ2v) is 6.38. The van der Waals surface area contributed by atoms with E-state index in [-0.39, 0.29) is 19.0 Å². The molecule has 1 aromatic rings. The summed E-state index contributed by atoms with van der Waals surface area (Å²) >= 11 is 0. The van der Waals surface area contributed by atoms with Crippen molar-refractivity contribution in [3.8, 4) is 0 Å². The summed E-state index contributed by atoms with van der Waals surface area (Å²) in [6.07, 6.45) is 0. The minimum Gasteiger partial charge on any atom is -0.263 e. The topological polar surface area (TPSA) is 57.7 Å². The molecule has 5 nitrogen and oxygen atoms in total. The van der Waals surface area contributed by atoms with Gasteiger partial charge in [-0.15, -0.1) is 0 Å². The monoisotopic (exact) mass is 302 g/mol. The fourth-order valence-corrected chi connectivity index (χ4v) is 2.41. The lowest BCUT2D eigenvalue weighted by atomic mass is 10.0. The first kappa shape index (κ1) is 16.2. The fourth-order valence-electron chi connectivity index (χ4n) is 2.41. The van der Waals surface area contributed by atoms with Crippen LogP contribution in [0.1, 0.15) is 44.7 Å². The lowest BCUT2D eigenvalue weighted by Crippen LogP contribution is -2.35. The van der Waals surface area contributed by atoms with E-state index >= 15 is 0 Å². The van der Waals surface area contributed by atoms with Crippen molar-refractivity contribution in [3.63, 3.8) is 0 Å². The molecule has 0 radical (unpaired) electrons. The quantitative estimate of drug-likeness (QED) is 0.621. The average molecular weight is 302 g/mol. The standard InChI is InChI=1S/C17H22N2O3/c1-11(2)9-18-15(20)16(21)19(17(18)22)10-13-5-7-14(8-6-13)12(3)4/h5-8,11-12H,9-10H2,1-4H3. The number of nitrogens with zero attached hydrogens (tertiary/aromatic N) is 2. The first-order chi connectivity index (χ1) is 10.3. The lowest BCUT2D eigenvalue weighted by molar-refractivity contribution is -0.143. The zero-order valence-electron chi connectivity index (χ0n) is 13.5. The zero-order chi connectivity index (χ0) is 16.4. The van der Waals surface area contributed by atoms with Gasteiger partial charge in [-0.05, 0) is 23.0 Å². The molecule has 5 heteroatoms. The van der Waals surface area contributed by atoms with Gasteiger partial charge in [-0.2, -0.15) is 0 Å². The Morgan fingerprint density at radius 1 is 0.864 bits per heavy atom. The first-order valence-electron chi connectivity index (χ1n) is 7.57. The van der Waals surface area contributed by atoms with Gasteiger partial charge in [0.05, 0.1) is 6.54 Å². The normalized spacial score (nSPS) is 15.6. The van der Waals surface area contributed by atoms with Crippen LogP contribution < -0.4 is 0 Å². The SMILES string of the molecule is CC(C)CN1C(=O)C(=O)N(Cc2ccc(C(C)C)cc2)C1=O. The summed E-state index contributed by atoms with van der Waals surface area (Å²) in [4.78, 5) is 38.2. The van der Waals surface area contributed by atoms with Crippen molar-refractivity contribution in [2.24, 2.45) is 5.92 Å². The van der Waals surface area contributed by atoms with Crippen LogP contribution in [0.25, 0.3) is 0 Å². The Bertz CT molecular complexity index is 590. The Balaban J connectivity index is 2.13. The number of amides is 4. The van der Waals surface area contributed by atoms with Crippen molar-refractivity contribution in [1.29, 1.82) is 0 Å². The van der Waals surface area contributed by atoms with E-state index in [1.807, 2.05) is 38.1 Å². The second kappa shape index (κ2) is 6.30. The molecule has 0 aromatic heterocycles. The van der Waals surface area contributed by atoms with Gasteiger partial charge in [-0.1, -0.05) is 52.0 Å². The molecule has 1 aliphatic rings. The van der Waals surface area contributed by atoms with Crippen LogP contribution in [0, 0.1) is 5.92 Å². The van der Waals surface area contributed by atoms with Gasteiger partial charge in [-0.3, -0.25) is 19.4 Å². The Labute approximate surface area is 130 Å². The van der Waals surface area contributed by atoms with Crippen LogP contribution in [0.2, 0.25) is 0 Å². The van der Waals surface area contributed by atoms with Gasteiger partial charge in [-0.25, -0.2) is 4.79 Å². The molecule has 1 heterocycles. The van der Waals surface area contributed by atoms with Gasteiger partial charge in [0.25, 0.3) is 0 Å². The molecule has 1 saturated heterocycles. The molecule has 0 bridgehead atoms. The van der Waals surface area contributed by atoms with E-state index < -0.39 is 17.8 Å². The van der Waals surface area contributed by atoms with Crippen LogP contribution in [0.5, 0.6) is 0 Å². The highest BCUT2D eigenvalue weighted by atomic mass is 16.2. The summed E-state index contributed by atoms with van der Waals surface area (Å²) in [5.74, 6) is -0.908. The summed E-state index contributed by atoms with van der Waals surface area (Å²) in [5.41, 5.74) is 2.03. The van der Waals surface area contributed by atoms with Crippen LogP contribution in [0.3, 0.4) is 0 Å². The van der Waals surface area contributed by atoms with Crippen LogP contribution in [-0.2, 0) is 16.1 Å². The number of carbonyl (C=O) groups excluding carboxylic acids is 3. The Hall–Kier alpha value is -2.17. The molecule has 4 amide bonds. The molecule has 22 heavy (non-hydrogen) atoms. The smallest absolute Gasteiger partial charge is 0.263 e. The number of rotatable bonds is 5. The maximum Gasteiger partial charge on any atom is 0.334 e. The molecule has 0 saturated carbocycles. The maximum absolute atomic E-state index is 12.3. The van der Waals surface area contributed by atoms with Crippen molar-refractivity contribution in [2.75, 3.05) is 6.54 Å². The van der Waals surface area contributed by atoms with Crippen LogP contribution >= 0.6 is 0 Å². The molecule has 0 unspecified atom stereocenters. The van der Waals surface area contributed by atoms with Crippen molar-refractivity contribution in [1.82, 2.24) is 9.80 Å². The highest BCUT2D eigenvalue weighted by Crippen LogP contribution is 2.19. The van der Waals surface area contributed by atoms with E-state index in [4.69, 9.17) is 0 Å². The minimum atomic E-state index is -0.737. The van der Waals surface area contributed by atoms with Crippen molar-refractivity contribution in [2.45, 2.75) is 40.2 Å². The van der Waals surface area contributed by atoms with E-state index in [2.05, 4.69) is 13.8 Å². The third-order valence-corrected chi connectivity index (χ3v) is 3.67. The van der Waals surface area contributed by atoms with Crippen molar-refractivity contribution in [3.05, 3.63) is 35.4 Å². The molecule has 118 valence electrons. The summed E-state index contributed by atoms with van der Waals surface area (Å²) < 4.78 is 0. The average Bonchev–Trinajstić information content (AvgIpc) is 2.65. The van der Waals surface area contributed by atoms with Crippen LogP contribution in [0.15, 0.2) is 24.3 Å². The minimum absolute atomic E-state index is 0.131. The maximum atomic E-state index is 12.3. The predicted molar refractivity (Wildman–Crippen MR) is 83.0 cm³/mol. The number of imide groups is 2. The van der Waals surface area contributed by atoms with Crippen molar-refractivity contribution >= 4 is 17.8 Å². The molecule has 0 atom stereocenters. The number of benzene rings is 1. The second-order valence-electron chi connectivity index (χ2n) is 6.38. The number of carbonyl (C=O) groups is 3. The molecular weight excluding hydrogens is 280 g/mol. The number of hydrogen-bond acceptors (Lipinski definition) is 3. The molecule has 0 spiro atoms. The molecule has 2 rings (SSSR count). The fraction of sp³-hybridized carbons (Fsp3) is 0.471. The largest absolute Gasteiger partial charge is 0.334 e. The van der Waals surface area contributed by atoms with Gasteiger partial charge < -0.3 is 0 Å². The first-order valence-corrected chi connectivity index (χ1v) is 7.57. The number of urea groups is 1. The van der Waals surface area contributed by atoms with Gasteiger partial charge in [0.15, 0.2) is 0 Å². The van der Waals surface area contributed by atoms with E-state index in [1.165, 1.54) is 5.56 Å². The van der Waals surface area contributed by atoms with Gasteiger partial charge >= 0.3 is 17.8 Å². The van der Waals surface area contributed by atoms with Crippen molar-refractivity contribution < 1.29 is 14.4 Å². The summed E-state index contributed by atoms with van der Waals surface area (Å²) in [5, 5.41) is 0. The van der Waals surface area contributed by atoms with Crippen LogP contribution in [0.4, 0.5) is 4.79 Å². The summed E-state index contributed by atoms with van der Waals surface area (Å²) in [6.45, 7) is 8.41. The van der Waals surface area contributed by atoms with E-state index in [0.717, 1.165) is 15.4 Å². The predicted octanol–water partition coefficient (Wildman–Crippen LogP) is 2.76. The summed E-state index contributed by atoms with van der Waals surface area (Å²) in [6, 6.07) is 7.24. The molecule has 1 aliphatic heterocycles. The Morgan fingerprint density at radius 3 is 1.91 bits per heavy atom. The van der Waals surface area contributed by atoms with Gasteiger partial charge in [0, 0.05) is 6.54 Å². The molecule has 0 N–H and O–H groups in total. The third-order valence-electron chi connectivity index (χ3n) is 3.67. The highest BCUT2D eigenvalue weighted by Gasteiger charge is 2.44. The molecule has 1 aromatic carbocycles. The molecular formula is C17H22N2O3.